The van der Waals surface area contributed by atoms with Gasteiger partial charge >= 0.3 is 6.18 Å². The molecular weight excluding hydrogens is 422 g/mol. The summed E-state index contributed by atoms with van der Waals surface area (Å²) >= 11 is 6.01. The highest BCUT2D eigenvalue weighted by Crippen LogP contribution is 2.39. The van der Waals surface area contributed by atoms with Crippen LogP contribution in [0.25, 0.3) is 0 Å². The third-order valence-electron chi connectivity index (χ3n) is 4.78. The Morgan fingerprint density at radius 2 is 1.83 bits per heavy atom. The van der Waals surface area contributed by atoms with Gasteiger partial charge in [-0.2, -0.15) is 18.2 Å². The summed E-state index contributed by atoms with van der Waals surface area (Å²) < 4.78 is 58.7. The zero-order valence-corrected chi connectivity index (χ0v) is 16.3. The summed E-state index contributed by atoms with van der Waals surface area (Å²) in [6.07, 6.45) is -4.29. The van der Waals surface area contributed by atoms with Gasteiger partial charge in [-0.25, -0.2) is 9.37 Å². The molecule has 9 heteroatoms. The van der Waals surface area contributed by atoms with Crippen LogP contribution in [0, 0.1) is 5.82 Å². The average molecular weight is 438 g/mol. The fourth-order valence-corrected chi connectivity index (χ4v) is 3.58. The molecule has 0 N–H and O–H groups in total. The van der Waals surface area contributed by atoms with Crippen molar-refractivity contribution in [2.75, 3.05) is 6.54 Å². The molecule has 0 saturated heterocycles. The predicted octanol–water partition coefficient (Wildman–Crippen LogP) is 5.64. The molecule has 1 aromatic heterocycles. The molecule has 2 heterocycles. The summed E-state index contributed by atoms with van der Waals surface area (Å²) in [5.74, 6) is -1.58. The number of hydrogen-bond donors (Lipinski definition) is 0. The summed E-state index contributed by atoms with van der Waals surface area (Å²) in [5, 5.41) is -0.124. The maximum Gasteiger partial charge on any atom is 0.420 e. The van der Waals surface area contributed by atoms with Gasteiger partial charge < -0.3 is 4.74 Å². The molecule has 4 nitrogen and oxygen atoms in total. The molecular formula is C21H16ClF4N3O. The molecule has 1 aliphatic heterocycles. The molecule has 156 valence electrons. The quantitative estimate of drug-likeness (QED) is 0.391. The molecule has 30 heavy (non-hydrogen) atoms. The molecule has 0 aliphatic carbocycles. The lowest BCUT2D eigenvalue weighted by atomic mass is 10.1. The first-order valence-electron chi connectivity index (χ1n) is 9.16. The van der Waals surface area contributed by atoms with Crippen LogP contribution in [-0.2, 0) is 25.7 Å². The second-order valence-corrected chi connectivity index (χ2v) is 7.25. The monoisotopic (exact) mass is 437 g/mol. The summed E-state index contributed by atoms with van der Waals surface area (Å²) in [5.41, 5.74) is 1.12. The summed E-state index contributed by atoms with van der Waals surface area (Å²) in [6, 6.07) is 12.1. The Hall–Kier alpha value is -2.71. The van der Waals surface area contributed by atoms with Crippen LogP contribution < -0.4 is 4.74 Å². The lowest BCUT2D eigenvalue weighted by molar-refractivity contribution is -0.138. The van der Waals surface area contributed by atoms with Crippen LogP contribution in [0.5, 0.6) is 11.6 Å². The Morgan fingerprint density at radius 1 is 1.07 bits per heavy atom. The van der Waals surface area contributed by atoms with Gasteiger partial charge in [0.05, 0.1) is 5.69 Å². The third-order valence-corrected chi connectivity index (χ3v) is 4.95. The van der Waals surface area contributed by atoms with Crippen molar-refractivity contribution >= 4 is 11.6 Å². The minimum Gasteiger partial charge on any atom is -0.438 e. The fraction of sp³-hybridized carbons (Fsp3) is 0.238. The highest BCUT2D eigenvalue weighted by atomic mass is 35.5. The van der Waals surface area contributed by atoms with E-state index in [9.17, 15) is 17.6 Å². The van der Waals surface area contributed by atoms with E-state index in [0.717, 1.165) is 17.7 Å². The molecule has 0 atom stereocenters. The minimum absolute atomic E-state index is 0.0403. The molecule has 0 radical (unpaired) electrons. The van der Waals surface area contributed by atoms with E-state index >= 15 is 0 Å². The van der Waals surface area contributed by atoms with Crippen LogP contribution in [-0.4, -0.2) is 21.4 Å². The van der Waals surface area contributed by atoms with Gasteiger partial charge in [0.25, 0.3) is 0 Å². The largest absolute Gasteiger partial charge is 0.438 e. The summed E-state index contributed by atoms with van der Waals surface area (Å²) in [7, 11) is 0. The highest BCUT2D eigenvalue weighted by molar-refractivity contribution is 6.28. The van der Waals surface area contributed by atoms with E-state index in [-0.39, 0.29) is 11.2 Å². The molecule has 4 rings (SSSR count). The molecule has 0 fully saturated rings. The van der Waals surface area contributed by atoms with Gasteiger partial charge in [-0.05, 0) is 41.8 Å². The molecule has 0 amide bonds. The SMILES string of the molecule is Fc1ccc(Oc2nc(Cl)nc3c2CCN(Cc2ccccc2)C3)c(C(F)(F)F)c1. The van der Waals surface area contributed by atoms with Gasteiger partial charge in [-0.15, -0.1) is 0 Å². The molecule has 0 saturated carbocycles. The standard InChI is InChI=1S/C21H16ClF4N3O/c22-20-27-17-12-29(11-13-4-2-1-3-5-13)9-8-15(17)19(28-20)30-18-7-6-14(23)10-16(18)21(24,25)26/h1-7,10H,8-9,11-12H2. The predicted molar refractivity (Wildman–Crippen MR) is 103 cm³/mol. The van der Waals surface area contributed by atoms with E-state index in [4.69, 9.17) is 16.3 Å². The zero-order valence-electron chi connectivity index (χ0n) is 15.6. The lowest BCUT2D eigenvalue weighted by Gasteiger charge is -2.29. The lowest BCUT2D eigenvalue weighted by Crippen LogP contribution is -2.31. The van der Waals surface area contributed by atoms with Gasteiger partial charge in [-0.1, -0.05) is 30.3 Å². The zero-order chi connectivity index (χ0) is 21.3. The first kappa shape index (κ1) is 20.6. The first-order chi connectivity index (χ1) is 14.3. The Labute approximate surface area is 175 Å². The number of fused-ring (bicyclic) bond motifs is 1. The molecule has 0 bridgehead atoms. The molecule has 0 unspecified atom stereocenters. The topological polar surface area (TPSA) is 38.3 Å². The second kappa shape index (κ2) is 8.20. The number of alkyl halides is 3. The number of rotatable bonds is 4. The van der Waals surface area contributed by atoms with Gasteiger partial charge in [-0.3, -0.25) is 4.90 Å². The Kier molecular flexibility index (Phi) is 5.62. The van der Waals surface area contributed by atoms with Crippen LogP contribution in [0.15, 0.2) is 48.5 Å². The van der Waals surface area contributed by atoms with Crippen molar-refractivity contribution in [3.05, 3.63) is 82.0 Å². The Bertz CT molecular complexity index is 1060. The van der Waals surface area contributed by atoms with E-state index in [1.807, 2.05) is 30.3 Å². The van der Waals surface area contributed by atoms with Crippen LogP contribution in [0.4, 0.5) is 17.6 Å². The Morgan fingerprint density at radius 3 is 2.57 bits per heavy atom. The number of nitrogens with zero attached hydrogens (tertiary/aromatic N) is 3. The average Bonchev–Trinajstić information content (AvgIpc) is 2.69. The van der Waals surface area contributed by atoms with Crippen molar-refractivity contribution < 1.29 is 22.3 Å². The van der Waals surface area contributed by atoms with Crippen molar-refractivity contribution in [3.63, 3.8) is 0 Å². The van der Waals surface area contributed by atoms with Crippen molar-refractivity contribution in [3.8, 4) is 11.6 Å². The summed E-state index contributed by atoms with van der Waals surface area (Å²) in [6.45, 7) is 1.81. The van der Waals surface area contributed by atoms with Gasteiger partial charge in [0, 0.05) is 25.2 Å². The first-order valence-corrected chi connectivity index (χ1v) is 9.53. The molecule has 0 spiro atoms. The van der Waals surface area contributed by atoms with Crippen molar-refractivity contribution in [1.29, 1.82) is 0 Å². The molecule has 2 aromatic carbocycles. The summed E-state index contributed by atoms with van der Waals surface area (Å²) in [4.78, 5) is 10.4. The van der Waals surface area contributed by atoms with Gasteiger partial charge in [0.1, 0.15) is 17.1 Å². The van der Waals surface area contributed by atoms with E-state index in [1.54, 1.807) is 0 Å². The van der Waals surface area contributed by atoms with Crippen molar-refractivity contribution in [1.82, 2.24) is 14.9 Å². The number of ether oxygens (including phenoxy) is 1. The van der Waals surface area contributed by atoms with Crippen LogP contribution >= 0.6 is 11.6 Å². The maximum absolute atomic E-state index is 13.4. The van der Waals surface area contributed by atoms with Crippen LogP contribution in [0.1, 0.15) is 22.4 Å². The van der Waals surface area contributed by atoms with Gasteiger partial charge in [0.2, 0.25) is 11.2 Å². The van der Waals surface area contributed by atoms with E-state index in [0.29, 0.717) is 43.4 Å². The van der Waals surface area contributed by atoms with Gasteiger partial charge in [0.15, 0.2) is 0 Å². The molecule has 1 aliphatic rings. The van der Waals surface area contributed by atoms with Crippen LogP contribution in [0.3, 0.4) is 0 Å². The number of hydrogen-bond acceptors (Lipinski definition) is 4. The third kappa shape index (κ3) is 4.55. The van der Waals surface area contributed by atoms with Crippen molar-refractivity contribution in [2.24, 2.45) is 0 Å². The van der Waals surface area contributed by atoms with E-state index in [2.05, 4.69) is 14.9 Å². The molecule has 3 aromatic rings. The number of halogens is 5. The number of benzene rings is 2. The fourth-order valence-electron chi connectivity index (χ4n) is 3.40. The maximum atomic E-state index is 13.4. The Balaban J connectivity index is 1.62. The number of aromatic nitrogens is 2. The second-order valence-electron chi connectivity index (χ2n) is 6.91. The van der Waals surface area contributed by atoms with Crippen LogP contribution in [0.2, 0.25) is 5.28 Å². The highest BCUT2D eigenvalue weighted by Gasteiger charge is 2.35. The minimum atomic E-state index is -4.78. The van der Waals surface area contributed by atoms with Crippen molar-refractivity contribution in [2.45, 2.75) is 25.7 Å². The van der Waals surface area contributed by atoms with E-state index < -0.39 is 23.3 Å². The normalized spacial score (nSPS) is 14.4. The smallest absolute Gasteiger partial charge is 0.420 e. The van der Waals surface area contributed by atoms with E-state index in [1.165, 1.54) is 0 Å².